The van der Waals surface area contributed by atoms with Gasteiger partial charge < -0.3 is 5.32 Å². The van der Waals surface area contributed by atoms with Crippen LogP contribution in [-0.4, -0.2) is 11.0 Å². The van der Waals surface area contributed by atoms with Crippen LogP contribution in [0.25, 0.3) is 0 Å². The average molecular weight is 202 g/mol. The molecule has 0 radical (unpaired) electrons. The lowest BCUT2D eigenvalue weighted by molar-refractivity contribution is 0.501. The molecular formula is C13H18N2. The van der Waals surface area contributed by atoms with Gasteiger partial charge in [0.25, 0.3) is 0 Å². The number of rotatable bonds is 5. The van der Waals surface area contributed by atoms with Gasteiger partial charge in [0.2, 0.25) is 0 Å². The predicted molar refractivity (Wildman–Crippen MR) is 63.3 cm³/mol. The quantitative estimate of drug-likeness (QED) is 0.741. The van der Waals surface area contributed by atoms with E-state index in [-0.39, 0.29) is 0 Å². The monoisotopic (exact) mass is 202 g/mol. The van der Waals surface area contributed by atoms with Gasteiger partial charge >= 0.3 is 0 Å². The number of hydrogen-bond donors (Lipinski definition) is 1. The zero-order chi connectivity index (χ0) is 11.1. The van der Waals surface area contributed by atoms with Gasteiger partial charge in [-0.3, -0.25) is 4.98 Å². The number of hydrogen-bond acceptors (Lipinski definition) is 2. The first-order chi connectivity index (χ1) is 7.27. The van der Waals surface area contributed by atoms with E-state index in [1.807, 2.05) is 12.3 Å². The third kappa shape index (κ3) is 3.73. The molecule has 0 bridgehead atoms. The number of pyridine rings is 1. The van der Waals surface area contributed by atoms with Gasteiger partial charge in [-0.05, 0) is 25.0 Å². The second-order valence-electron chi connectivity index (χ2n) is 3.66. The first-order valence-electron chi connectivity index (χ1n) is 5.35. The Bertz CT molecular complexity index is 339. The molecule has 1 unspecified atom stereocenters. The Kier molecular flexibility index (Phi) is 4.86. The van der Waals surface area contributed by atoms with E-state index in [2.05, 4.69) is 36.1 Å². The van der Waals surface area contributed by atoms with Gasteiger partial charge in [0, 0.05) is 25.2 Å². The molecule has 0 saturated carbocycles. The fraction of sp³-hybridized carbons (Fsp3) is 0.462. The molecule has 1 rings (SSSR count). The molecule has 1 atom stereocenters. The van der Waals surface area contributed by atoms with E-state index in [0.29, 0.717) is 6.04 Å². The lowest BCUT2D eigenvalue weighted by Gasteiger charge is -2.14. The fourth-order valence-electron chi connectivity index (χ4n) is 1.45. The van der Waals surface area contributed by atoms with Crippen LogP contribution in [-0.2, 0) is 6.54 Å². The number of nitrogens with one attached hydrogen (secondary N) is 1. The summed E-state index contributed by atoms with van der Waals surface area (Å²) in [6.45, 7) is 5.01. The van der Waals surface area contributed by atoms with Crippen molar-refractivity contribution in [3.63, 3.8) is 0 Å². The largest absolute Gasteiger partial charge is 0.307 e. The molecule has 1 aromatic rings. The van der Waals surface area contributed by atoms with Crippen LogP contribution in [0.3, 0.4) is 0 Å². The maximum Gasteiger partial charge on any atom is 0.0570 e. The number of terminal acetylenes is 1. The molecule has 15 heavy (non-hydrogen) atoms. The van der Waals surface area contributed by atoms with Gasteiger partial charge in [0.15, 0.2) is 0 Å². The average Bonchev–Trinajstić information content (AvgIpc) is 2.26. The molecule has 80 valence electrons. The van der Waals surface area contributed by atoms with Crippen molar-refractivity contribution in [3.8, 4) is 12.3 Å². The molecule has 1 N–H and O–H groups in total. The van der Waals surface area contributed by atoms with Gasteiger partial charge in [-0.25, -0.2) is 0 Å². The first kappa shape index (κ1) is 11.7. The molecule has 0 aliphatic heterocycles. The highest BCUT2D eigenvalue weighted by Gasteiger charge is 2.05. The first-order valence-corrected chi connectivity index (χ1v) is 5.35. The van der Waals surface area contributed by atoms with E-state index in [1.54, 1.807) is 0 Å². The maximum atomic E-state index is 5.30. The van der Waals surface area contributed by atoms with Gasteiger partial charge in [-0.2, -0.15) is 0 Å². The lowest BCUT2D eigenvalue weighted by atomic mass is 10.1. The van der Waals surface area contributed by atoms with Crippen molar-refractivity contribution >= 4 is 0 Å². The van der Waals surface area contributed by atoms with Crippen LogP contribution in [0.1, 0.15) is 31.0 Å². The summed E-state index contributed by atoms with van der Waals surface area (Å²) in [5.74, 6) is 2.69. The summed E-state index contributed by atoms with van der Waals surface area (Å²) in [7, 11) is 0. The highest BCUT2D eigenvalue weighted by molar-refractivity contribution is 5.17. The van der Waals surface area contributed by atoms with Crippen LogP contribution in [0, 0.1) is 19.3 Å². The Morgan fingerprint density at radius 2 is 2.40 bits per heavy atom. The summed E-state index contributed by atoms with van der Waals surface area (Å²) < 4.78 is 0. The van der Waals surface area contributed by atoms with Crippen molar-refractivity contribution in [2.45, 2.75) is 39.3 Å². The zero-order valence-electron chi connectivity index (χ0n) is 9.46. The lowest BCUT2D eigenvalue weighted by Crippen LogP contribution is -2.28. The van der Waals surface area contributed by atoms with Crippen molar-refractivity contribution in [1.82, 2.24) is 10.3 Å². The molecule has 1 heterocycles. The summed E-state index contributed by atoms with van der Waals surface area (Å²) in [5, 5.41) is 3.42. The van der Waals surface area contributed by atoms with E-state index in [0.717, 1.165) is 25.1 Å². The second kappa shape index (κ2) is 6.21. The van der Waals surface area contributed by atoms with Crippen LogP contribution < -0.4 is 5.32 Å². The van der Waals surface area contributed by atoms with E-state index >= 15 is 0 Å². The Hall–Kier alpha value is -1.33. The highest BCUT2D eigenvalue weighted by atomic mass is 14.9. The summed E-state index contributed by atoms with van der Waals surface area (Å²) in [6, 6.07) is 4.43. The summed E-state index contributed by atoms with van der Waals surface area (Å²) in [6.07, 6.45) is 8.96. The van der Waals surface area contributed by atoms with Crippen molar-refractivity contribution in [3.05, 3.63) is 29.6 Å². The second-order valence-corrected chi connectivity index (χ2v) is 3.66. The number of nitrogens with zero attached hydrogens (tertiary/aromatic N) is 1. The van der Waals surface area contributed by atoms with Crippen molar-refractivity contribution in [2.75, 3.05) is 0 Å². The summed E-state index contributed by atoms with van der Waals surface area (Å²) in [5.41, 5.74) is 2.33. The molecule has 2 heteroatoms. The minimum Gasteiger partial charge on any atom is -0.307 e. The van der Waals surface area contributed by atoms with Gasteiger partial charge in [-0.1, -0.05) is 13.0 Å². The SMILES string of the molecule is C#CCC(CC)NCc1ncccc1C. The van der Waals surface area contributed by atoms with Crippen LogP contribution in [0.4, 0.5) is 0 Å². The molecule has 0 amide bonds. The molecule has 0 aromatic carbocycles. The molecule has 0 aliphatic carbocycles. The van der Waals surface area contributed by atoms with Crippen LogP contribution in [0.5, 0.6) is 0 Å². The Morgan fingerprint density at radius 1 is 1.60 bits per heavy atom. The molecule has 0 spiro atoms. The van der Waals surface area contributed by atoms with E-state index in [9.17, 15) is 0 Å². The standard InChI is InChI=1S/C13H18N2/c1-4-7-12(5-2)15-10-13-11(3)8-6-9-14-13/h1,6,8-9,12,15H,5,7,10H2,2-3H3. The van der Waals surface area contributed by atoms with E-state index < -0.39 is 0 Å². The topological polar surface area (TPSA) is 24.9 Å². The summed E-state index contributed by atoms with van der Waals surface area (Å²) >= 11 is 0. The Labute approximate surface area is 92.1 Å². The van der Waals surface area contributed by atoms with Crippen molar-refractivity contribution < 1.29 is 0 Å². The number of aryl methyl sites for hydroxylation is 1. The smallest absolute Gasteiger partial charge is 0.0570 e. The molecule has 1 aromatic heterocycles. The fourth-order valence-corrected chi connectivity index (χ4v) is 1.45. The maximum absolute atomic E-state index is 5.30. The third-order valence-corrected chi connectivity index (χ3v) is 2.53. The van der Waals surface area contributed by atoms with Crippen molar-refractivity contribution in [2.24, 2.45) is 0 Å². The molecular weight excluding hydrogens is 184 g/mol. The van der Waals surface area contributed by atoms with Gasteiger partial charge in [0.1, 0.15) is 0 Å². The number of aromatic nitrogens is 1. The van der Waals surface area contributed by atoms with Gasteiger partial charge in [-0.15, -0.1) is 12.3 Å². The van der Waals surface area contributed by atoms with Crippen LogP contribution in [0.15, 0.2) is 18.3 Å². The van der Waals surface area contributed by atoms with Gasteiger partial charge in [0.05, 0.1) is 5.69 Å². The molecule has 0 aliphatic rings. The Morgan fingerprint density at radius 3 is 3.00 bits per heavy atom. The minimum absolute atomic E-state index is 0.399. The van der Waals surface area contributed by atoms with Crippen molar-refractivity contribution in [1.29, 1.82) is 0 Å². The molecule has 0 fully saturated rings. The third-order valence-electron chi connectivity index (χ3n) is 2.53. The molecule has 0 saturated heterocycles. The Balaban J connectivity index is 2.49. The minimum atomic E-state index is 0.399. The van der Waals surface area contributed by atoms with E-state index in [4.69, 9.17) is 6.42 Å². The zero-order valence-corrected chi connectivity index (χ0v) is 9.46. The van der Waals surface area contributed by atoms with E-state index in [1.165, 1.54) is 5.56 Å². The van der Waals surface area contributed by atoms with Crippen LogP contribution in [0.2, 0.25) is 0 Å². The molecule has 2 nitrogen and oxygen atoms in total. The summed E-state index contributed by atoms with van der Waals surface area (Å²) in [4.78, 5) is 4.33. The van der Waals surface area contributed by atoms with Crippen LogP contribution >= 0.6 is 0 Å². The highest BCUT2D eigenvalue weighted by Crippen LogP contribution is 2.04. The normalized spacial score (nSPS) is 12.1. The predicted octanol–water partition coefficient (Wildman–Crippen LogP) is 2.28.